The van der Waals surface area contributed by atoms with Crippen LogP contribution in [0.5, 0.6) is 0 Å². The van der Waals surface area contributed by atoms with Crippen LogP contribution in [0.2, 0.25) is 0 Å². The maximum atomic E-state index is 12.5. The van der Waals surface area contributed by atoms with Crippen molar-refractivity contribution in [3.63, 3.8) is 0 Å². The molecular formula is C20H33Cl2N3O. The van der Waals surface area contributed by atoms with Crippen molar-refractivity contribution in [3.8, 4) is 0 Å². The first-order valence-corrected chi connectivity index (χ1v) is 9.50. The number of rotatable bonds is 4. The van der Waals surface area contributed by atoms with E-state index in [0.717, 1.165) is 37.9 Å². The molecule has 2 aliphatic rings. The summed E-state index contributed by atoms with van der Waals surface area (Å²) in [5.74, 6) is -0.0281. The number of nitrogens with two attached hydrogens (primary N) is 1. The van der Waals surface area contributed by atoms with Crippen LogP contribution in [0, 0.1) is 0 Å². The molecule has 1 saturated heterocycles. The largest absolute Gasteiger partial charge is 0.324 e. The number of carbonyl (C=O) groups excluding carboxylic acids is 1. The Morgan fingerprint density at radius 2 is 1.77 bits per heavy atom. The molecule has 0 aromatic heterocycles. The van der Waals surface area contributed by atoms with E-state index in [0.29, 0.717) is 6.04 Å². The van der Waals surface area contributed by atoms with E-state index in [1.165, 1.54) is 37.8 Å². The van der Waals surface area contributed by atoms with Crippen molar-refractivity contribution < 1.29 is 4.79 Å². The Morgan fingerprint density at radius 3 is 2.38 bits per heavy atom. The summed E-state index contributed by atoms with van der Waals surface area (Å²) < 4.78 is 0. The average molecular weight is 402 g/mol. The second kappa shape index (κ2) is 10.5. The van der Waals surface area contributed by atoms with Crippen molar-refractivity contribution in [2.45, 2.75) is 76.4 Å². The first kappa shape index (κ1) is 23.2. The highest BCUT2D eigenvalue weighted by Gasteiger charge is 2.35. The van der Waals surface area contributed by atoms with E-state index in [4.69, 9.17) is 5.73 Å². The number of benzene rings is 1. The monoisotopic (exact) mass is 401 g/mol. The van der Waals surface area contributed by atoms with Crippen LogP contribution in [0.4, 0.5) is 5.69 Å². The summed E-state index contributed by atoms with van der Waals surface area (Å²) in [6.45, 7) is 4.50. The van der Waals surface area contributed by atoms with E-state index < -0.39 is 5.54 Å². The quantitative estimate of drug-likeness (QED) is 0.780. The summed E-state index contributed by atoms with van der Waals surface area (Å²) in [4.78, 5) is 15.0. The van der Waals surface area contributed by atoms with E-state index in [2.05, 4.69) is 29.3 Å². The minimum Gasteiger partial charge on any atom is -0.324 e. The molecule has 3 N–H and O–H groups in total. The number of nitrogens with one attached hydrogen (secondary N) is 1. The van der Waals surface area contributed by atoms with Crippen LogP contribution in [-0.4, -0.2) is 28.9 Å². The van der Waals surface area contributed by atoms with Crippen LogP contribution in [0.1, 0.15) is 63.9 Å². The van der Waals surface area contributed by atoms with Gasteiger partial charge in [0.1, 0.15) is 0 Å². The van der Waals surface area contributed by atoms with Gasteiger partial charge in [-0.1, -0.05) is 37.8 Å². The lowest BCUT2D eigenvalue weighted by atomic mass is 9.82. The molecule has 26 heavy (non-hydrogen) atoms. The van der Waals surface area contributed by atoms with Crippen molar-refractivity contribution in [3.05, 3.63) is 29.8 Å². The molecule has 6 heteroatoms. The lowest BCUT2D eigenvalue weighted by molar-refractivity contribution is -0.122. The molecule has 148 valence electrons. The number of piperidine rings is 1. The average Bonchev–Trinajstić information content (AvgIpc) is 2.59. The third-order valence-electron chi connectivity index (χ3n) is 5.74. The standard InChI is InChI=1S/C20H31N3O.2ClH/c1-16-7-3-6-14-23(16)15-17-8-10-18(11-9-17)22-19(24)20(21)12-4-2-5-13-20;;/h8-11,16H,2-7,12-15,21H2,1H3,(H,22,24);2*1H. The van der Waals surface area contributed by atoms with E-state index in [9.17, 15) is 4.79 Å². The molecule has 3 rings (SSSR count). The van der Waals surface area contributed by atoms with E-state index in [1.807, 2.05) is 12.1 Å². The Morgan fingerprint density at radius 1 is 1.12 bits per heavy atom. The van der Waals surface area contributed by atoms with Crippen molar-refractivity contribution in [2.75, 3.05) is 11.9 Å². The van der Waals surface area contributed by atoms with Crippen LogP contribution in [-0.2, 0) is 11.3 Å². The van der Waals surface area contributed by atoms with Gasteiger partial charge < -0.3 is 11.1 Å². The molecule has 1 amide bonds. The Bertz CT molecular complexity index is 559. The molecule has 1 atom stereocenters. The number of likely N-dealkylation sites (tertiary alicyclic amines) is 1. The van der Waals surface area contributed by atoms with Gasteiger partial charge >= 0.3 is 0 Å². The highest BCUT2D eigenvalue weighted by molar-refractivity contribution is 5.98. The zero-order valence-electron chi connectivity index (χ0n) is 15.7. The highest BCUT2D eigenvalue weighted by Crippen LogP contribution is 2.27. The SMILES string of the molecule is CC1CCCCN1Cc1ccc(NC(=O)C2(N)CCCCC2)cc1.Cl.Cl. The number of anilines is 1. The number of hydrogen-bond acceptors (Lipinski definition) is 3. The first-order chi connectivity index (χ1) is 11.6. The van der Waals surface area contributed by atoms with Crippen molar-refractivity contribution in [2.24, 2.45) is 5.73 Å². The van der Waals surface area contributed by atoms with Crippen molar-refractivity contribution in [1.82, 2.24) is 4.90 Å². The summed E-state index contributed by atoms with van der Waals surface area (Å²) in [6, 6.07) is 8.94. The molecule has 4 nitrogen and oxygen atoms in total. The summed E-state index contributed by atoms with van der Waals surface area (Å²) in [5.41, 5.74) is 7.78. The molecular weight excluding hydrogens is 369 g/mol. The van der Waals surface area contributed by atoms with Crippen LogP contribution in [0.3, 0.4) is 0 Å². The number of amides is 1. The van der Waals surface area contributed by atoms with Crippen LogP contribution >= 0.6 is 24.8 Å². The van der Waals surface area contributed by atoms with Gasteiger partial charge in [0.25, 0.3) is 0 Å². The second-order valence-corrected chi connectivity index (χ2v) is 7.68. The minimum absolute atomic E-state index is 0. The predicted octanol–water partition coefficient (Wildman–Crippen LogP) is 4.50. The van der Waals surface area contributed by atoms with Crippen LogP contribution in [0.25, 0.3) is 0 Å². The normalized spacial score (nSPS) is 22.6. The van der Waals surface area contributed by atoms with Crippen molar-refractivity contribution in [1.29, 1.82) is 0 Å². The van der Waals surface area contributed by atoms with Crippen LogP contribution in [0.15, 0.2) is 24.3 Å². The Labute approximate surface area is 170 Å². The number of nitrogens with zero attached hydrogens (tertiary/aromatic N) is 1. The number of hydrogen-bond donors (Lipinski definition) is 2. The van der Waals surface area contributed by atoms with Crippen LogP contribution < -0.4 is 11.1 Å². The van der Waals surface area contributed by atoms with Crippen molar-refractivity contribution >= 4 is 36.4 Å². The maximum Gasteiger partial charge on any atom is 0.244 e. The van der Waals surface area contributed by atoms with Gasteiger partial charge in [0.05, 0.1) is 5.54 Å². The fourth-order valence-corrected chi connectivity index (χ4v) is 3.99. The molecule has 1 unspecified atom stereocenters. The molecule has 2 fully saturated rings. The zero-order valence-corrected chi connectivity index (χ0v) is 17.3. The van der Waals surface area contributed by atoms with Gasteiger partial charge in [0.2, 0.25) is 5.91 Å². The fourth-order valence-electron chi connectivity index (χ4n) is 3.99. The summed E-state index contributed by atoms with van der Waals surface area (Å²) in [5, 5.41) is 3.01. The molecule has 0 spiro atoms. The molecule has 1 saturated carbocycles. The Kier molecular flexibility index (Phi) is 9.39. The van der Waals surface area contributed by atoms with Gasteiger partial charge in [0.15, 0.2) is 0 Å². The first-order valence-electron chi connectivity index (χ1n) is 9.50. The third kappa shape index (κ3) is 5.85. The predicted molar refractivity (Wildman–Crippen MR) is 113 cm³/mol. The van der Waals surface area contributed by atoms with Gasteiger partial charge in [-0.2, -0.15) is 0 Å². The molecule has 1 aliphatic carbocycles. The molecule has 1 aromatic rings. The molecule has 0 bridgehead atoms. The summed E-state index contributed by atoms with van der Waals surface area (Å²) in [7, 11) is 0. The van der Waals surface area contributed by atoms with Gasteiger partial charge in [-0.05, 0) is 56.8 Å². The smallest absolute Gasteiger partial charge is 0.244 e. The molecule has 1 heterocycles. The lowest BCUT2D eigenvalue weighted by Gasteiger charge is -2.33. The molecule has 1 aromatic carbocycles. The highest BCUT2D eigenvalue weighted by atomic mass is 35.5. The van der Waals surface area contributed by atoms with E-state index >= 15 is 0 Å². The van der Waals surface area contributed by atoms with Gasteiger partial charge in [-0.15, -0.1) is 24.8 Å². The molecule has 0 radical (unpaired) electrons. The van der Waals surface area contributed by atoms with Gasteiger partial charge in [0, 0.05) is 18.3 Å². The summed E-state index contributed by atoms with van der Waals surface area (Å²) >= 11 is 0. The van der Waals surface area contributed by atoms with Gasteiger partial charge in [-0.25, -0.2) is 0 Å². The lowest BCUT2D eigenvalue weighted by Crippen LogP contribution is -2.52. The van der Waals surface area contributed by atoms with E-state index in [1.54, 1.807) is 0 Å². The van der Waals surface area contributed by atoms with E-state index in [-0.39, 0.29) is 30.7 Å². The molecule has 1 aliphatic heterocycles. The third-order valence-corrected chi connectivity index (χ3v) is 5.74. The summed E-state index contributed by atoms with van der Waals surface area (Å²) in [6.07, 6.45) is 8.84. The topological polar surface area (TPSA) is 58.4 Å². The fraction of sp³-hybridized carbons (Fsp3) is 0.650. The Hall–Kier alpha value is -0.810. The van der Waals surface area contributed by atoms with Gasteiger partial charge in [-0.3, -0.25) is 9.69 Å². The Balaban J connectivity index is 0.00000169. The maximum absolute atomic E-state index is 12.5. The number of carbonyl (C=O) groups is 1. The second-order valence-electron chi connectivity index (χ2n) is 7.68. The minimum atomic E-state index is -0.680. The zero-order chi connectivity index (χ0) is 17.0. The number of halogens is 2.